The molecular weight excluding hydrogens is 428 g/mol. The molecule has 2 heterocycles. The zero-order valence-electron chi connectivity index (χ0n) is 17.5. The zero-order valence-corrected chi connectivity index (χ0v) is 19.1. The quantitative estimate of drug-likeness (QED) is 0.461. The van der Waals surface area contributed by atoms with Gasteiger partial charge in [0.05, 0.1) is 36.6 Å². The first-order valence-electron chi connectivity index (χ1n) is 9.97. The van der Waals surface area contributed by atoms with Gasteiger partial charge in [-0.3, -0.25) is 4.79 Å². The fraction of sp³-hybridized carbons (Fsp3) is 0.250. The van der Waals surface area contributed by atoms with Gasteiger partial charge in [0.25, 0.3) is 5.91 Å². The molecule has 0 bridgehead atoms. The van der Waals surface area contributed by atoms with Crippen LogP contribution in [0, 0.1) is 0 Å². The Bertz CT molecular complexity index is 1050. The van der Waals surface area contributed by atoms with Crippen molar-refractivity contribution in [2.75, 3.05) is 20.0 Å². The molecule has 1 atom stereocenters. The van der Waals surface area contributed by atoms with E-state index < -0.39 is 0 Å². The maximum absolute atomic E-state index is 13.2. The van der Waals surface area contributed by atoms with Gasteiger partial charge < -0.3 is 9.47 Å². The number of hydrogen-bond acceptors (Lipinski definition) is 6. The fourth-order valence-corrected chi connectivity index (χ4v) is 5.20. The van der Waals surface area contributed by atoms with E-state index in [-0.39, 0.29) is 11.9 Å². The van der Waals surface area contributed by atoms with Gasteiger partial charge in [-0.1, -0.05) is 48.5 Å². The molecule has 0 fully saturated rings. The van der Waals surface area contributed by atoms with Crippen LogP contribution in [0.4, 0.5) is 0 Å². The number of carbonyl (C=O) groups is 1. The fourth-order valence-electron chi connectivity index (χ4n) is 3.65. The second-order valence-electron chi connectivity index (χ2n) is 7.04. The van der Waals surface area contributed by atoms with Crippen molar-refractivity contribution in [3.8, 4) is 11.5 Å². The van der Waals surface area contributed by atoms with E-state index in [2.05, 4.69) is 12.1 Å². The van der Waals surface area contributed by atoms with Crippen LogP contribution in [0.2, 0.25) is 0 Å². The van der Waals surface area contributed by atoms with Gasteiger partial charge in [-0.25, -0.2) is 5.01 Å². The monoisotopic (exact) mass is 452 g/mol. The minimum Gasteiger partial charge on any atom is -0.493 e. The van der Waals surface area contributed by atoms with E-state index in [1.807, 2.05) is 53.9 Å². The SMILES string of the molecule is COc1cccc(C2CC(c3cccs3)=NN2C(=O)CSCc2ccccc2)c1OC. The molecule has 0 saturated carbocycles. The standard InChI is InChI=1S/C24H24N2O3S2/c1-28-21-11-6-10-18(24(21)29-2)20-14-19(22-12-7-13-31-22)25-26(20)23(27)16-30-15-17-8-4-3-5-9-17/h3-13,20H,14-16H2,1-2H3. The molecule has 5 nitrogen and oxygen atoms in total. The highest BCUT2D eigenvalue weighted by Crippen LogP contribution is 2.42. The van der Waals surface area contributed by atoms with E-state index in [1.54, 1.807) is 42.3 Å². The molecule has 0 saturated heterocycles. The number of hydrogen-bond donors (Lipinski definition) is 0. The second kappa shape index (κ2) is 10.0. The van der Waals surface area contributed by atoms with Crippen LogP contribution in [-0.2, 0) is 10.5 Å². The van der Waals surface area contributed by atoms with Gasteiger partial charge in [-0.05, 0) is 23.1 Å². The number of benzene rings is 2. The molecule has 2 aromatic carbocycles. The first-order chi connectivity index (χ1) is 15.2. The van der Waals surface area contributed by atoms with E-state index >= 15 is 0 Å². The van der Waals surface area contributed by atoms with Gasteiger partial charge >= 0.3 is 0 Å². The smallest absolute Gasteiger partial charge is 0.253 e. The Kier molecular flexibility index (Phi) is 6.94. The summed E-state index contributed by atoms with van der Waals surface area (Å²) >= 11 is 3.24. The Morgan fingerprint density at radius 1 is 1.10 bits per heavy atom. The minimum atomic E-state index is -0.230. The Balaban J connectivity index is 1.58. The predicted molar refractivity (Wildman–Crippen MR) is 127 cm³/mol. The summed E-state index contributed by atoms with van der Waals surface area (Å²) in [5, 5.41) is 8.40. The van der Waals surface area contributed by atoms with Crippen LogP contribution in [0.1, 0.15) is 28.5 Å². The van der Waals surface area contributed by atoms with Crippen molar-refractivity contribution < 1.29 is 14.3 Å². The number of ether oxygens (including phenoxy) is 2. The molecule has 1 aliphatic rings. The van der Waals surface area contributed by atoms with Gasteiger partial charge in [-0.15, -0.1) is 23.1 Å². The number of thiophene rings is 1. The molecule has 0 radical (unpaired) electrons. The first kappa shape index (κ1) is 21.5. The Hall–Kier alpha value is -2.77. The van der Waals surface area contributed by atoms with Crippen LogP contribution in [0.25, 0.3) is 0 Å². The molecule has 1 aromatic heterocycles. The van der Waals surface area contributed by atoms with Crippen LogP contribution in [0.15, 0.2) is 71.1 Å². The molecule has 31 heavy (non-hydrogen) atoms. The summed E-state index contributed by atoms with van der Waals surface area (Å²) < 4.78 is 11.1. The van der Waals surface area contributed by atoms with E-state index in [1.165, 1.54) is 5.56 Å². The molecule has 1 amide bonds. The Labute approximate surface area is 190 Å². The predicted octanol–water partition coefficient (Wildman–Crippen LogP) is 5.38. The van der Waals surface area contributed by atoms with Crippen LogP contribution in [0.5, 0.6) is 11.5 Å². The summed E-state index contributed by atoms with van der Waals surface area (Å²) in [6, 6.07) is 19.8. The number of para-hydroxylation sites is 1. The average Bonchev–Trinajstić information content (AvgIpc) is 3.49. The molecule has 160 valence electrons. The third-order valence-electron chi connectivity index (χ3n) is 5.10. The molecular formula is C24H24N2O3S2. The highest BCUT2D eigenvalue weighted by Gasteiger charge is 2.35. The van der Waals surface area contributed by atoms with Crippen molar-refractivity contribution in [3.63, 3.8) is 0 Å². The van der Waals surface area contributed by atoms with Gasteiger partial charge in [-0.2, -0.15) is 5.10 Å². The van der Waals surface area contributed by atoms with Gasteiger partial charge in [0.1, 0.15) is 0 Å². The highest BCUT2D eigenvalue weighted by atomic mass is 32.2. The summed E-state index contributed by atoms with van der Waals surface area (Å²) in [6.07, 6.45) is 0.638. The summed E-state index contributed by atoms with van der Waals surface area (Å²) in [7, 11) is 3.24. The van der Waals surface area contributed by atoms with Crippen molar-refractivity contribution in [1.29, 1.82) is 0 Å². The summed E-state index contributed by atoms with van der Waals surface area (Å²) in [6.45, 7) is 0. The maximum Gasteiger partial charge on any atom is 0.253 e. The number of methoxy groups -OCH3 is 2. The Morgan fingerprint density at radius 2 is 1.94 bits per heavy atom. The average molecular weight is 453 g/mol. The van der Waals surface area contributed by atoms with Crippen LogP contribution in [0.3, 0.4) is 0 Å². The van der Waals surface area contributed by atoms with Gasteiger partial charge in [0.2, 0.25) is 0 Å². The molecule has 1 unspecified atom stereocenters. The molecule has 3 aromatic rings. The highest BCUT2D eigenvalue weighted by molar-refractivity contribution is 7.99. The van der Waals surface area contributed by atoms with Crippen LogP contribution >= 0.6 is 23.1 Å². The number of thioether (sulfide) groups is 1. The molecule has 1 aliphatic heterocycles. The van der Waals surface area contributed by atoms with E-state index in [0.717, 1.165) is 21.9 Å². The van der Waals surface area contributed by atoms with E-state index in [0.29, 0.717) is 23.7 Å². The summed E-state index contributed by atoms with van der Waals surface area (Å²) in [4.78, 5) is 14.3. The van der Waals surface area contributed by atoms with Crippen LogP contribution < -0.4 is 9.47 Å². The zero-order chi connectivity index (χ0) is 21.6. The second-order valence-corrected chi connectivity index (χ2v) is 8.98. The molecule has 0 N–H and O–H groups in total. The Morgan fingerprint density at radius 3 is 2.65 bits per heavy atom. The minimum absolute atomic E-state index is 0.0117. The maximum atomic E-state index is 13.2. The van der Waals surface area contributed by atoms with E-state index in [9.17, 15) is 4.79 Å². The van der Waals surface area contributed by atoms with E-state index in [4.69, 9.17) is 14.6 Å². The number of carbonyl (C=O) groups excluding carboxylic acids is 1. The number of nitrogens with zero attached hydrogens (tertiary/aromatic N) is 2. The van der Waals surface area contributed by atoms with Crippen molar-refractivity contribution in [2.24, 2.45) is 5.10 Å². The first-order valence-corrected chi connectivity index (χ1v) is 12.0. The summed E-state index contributed by atoms with van der Waals surface area (Å²) in [5.74, 6) is 2.43. The topological polar surface area (TPSA) is 51.1 Å². The van der Waals surface area contributed by atoms with Crippen molar-refractivity contribution in [1.82, 2.24) is 5.01 Å². The summed E-state index contributed by atoms with van der Waals surface area (Å²) in [5.41, 5.74) is 3.03. The molecule has 7 heteroatoms. The molecule has 0 spiro atoms. The normalized spacial score (nSPS) is 15.6. The number of rotatable bonds is 8. The van der Waals surface area contributed by atoms with Crippen molar-refractivity contribution >= 4 is 34.7 Å². The largest absolute Gasteiger partial charge is 0.493 e. The lowest BCUT2D eigenvalue weighted by atomic mass is 9.99. The van der Waals surface area contributed by atoms with Crippen molar-refractivity contribution in [3.05, 3.63) is 82.0 Å². The molecule has 0 aliphatic carbocycles. The lowest BCUT2D eigenvalue weighted by Crippen LogP contribution is -2.29. The van der Waals surface area contributed by atoms with Crippen molar-refractivity contribution in [2.45, 2.75) is 18.2 Å². The van der Waals surface area contributed by atoms with Gasteiger partial charge in [0.15, 0.2) is 11.5 Å². The molecule has 4 rings (SSSR count). The number of hydrazone groups is 1. The third-order valence-corrected chi connectivity index (χ3v) is 7.01. The number of amides is 1. The van der Waals surface area contributed by atoms with Gasteiger partial charge in [0, 0.05) is 17.7 Å². The lowest BCUT2D eigenvalue weighted by molar-refractivity contribution is -0.130. The third kappa shape index (κ3) is 4.78. The van der Waals surface area contributed by atoms with Crippen LogP contribution in [-0.4, -0.2) is 36.6 Å². The lowest BCUT2D eigenvalue weighted by Gasteiger charge is -2.24.